The molecule has 0 saturated heterocycles. The Morgan fingerprint density at radius 3 is 2.23 bits per heavy atom. The van der Waals surface area contributed by atoms with E-state index in [2.05, 4.69) is 0 Å². The fourth-order valence-corrected chi connectivity index (χ4v) is 2.70. The Labute approximate surface area is 150 Å². The molecule has 0 fully saturated rings. The summed E-state index contributed by atoms with van der Waals surface area (Å²) < 4.78 is 16.6. The summed E-state index contributed by atoms with van der Waals surface area (Å²) in [4.78, 5) is 12.7. The van der Waals surface area contributed by atoms with Crippen LogP contribution in [0.1, 0.15) is 16.1 Å². The Bertz CT molecular complexity index is 1050. The number of carbonyl (C=O) groups excluding carboxylic acids is 1. The normalized spacial score (nSPS) is 10.7. The van der Waals surface area contributed by atoms with E-state index in [1.807, 2.05) is 36.4 Å². The number of para-hydroxylation sites is 1. The molecule has 0 unspecified atom stereocenters. The Balaban J connectivity index is 1.56. The molecule has 0 atom stereocenters. The van der Waals surface area contributed by atoms with Crippen molar-refractivity contribution >= 4 is 16.8 Å². The van der Waals surface area contributed by atoms with Crippen LogP contribution in [0.5, 0.6) is 17.2 Å². The predicted molar refractivity (Wildman–Crippen MR) is 99.2 cm³/mol. The molecular formula is C22H16O4. The van der Waals surface area contributed by atoms with Crippen LogP contribution in [0, 0.1) is 0 Å². The predicted octanol–water partition coefficient (Wildman–Crippen LogP) is 5.46. The maximum Gasteiger partial charge on any atom is 0.228 e. The number of hydrogen-bond donors (Lipinski definition) is 0. The number of hydrogen-bond acceptors (Lipinski definition) is 4. The fourth-order valence-electron chi connectivity index (χ4n) is 2.70. The number of methoxy groups -OCH3 is 1. The molecule has 4 nitrogen and oxygen atoms in total. The molecule has 3 aromatic carbocycles. The number of carbonyl (C=O) groups is 1. The van der Waals surface area contributed by atoms with E-state index < -0.39 is 0 Å². The maximum atomic E-state index is 12.7. The minimum Gasteiger partial charge on any atom is -0.497 e. The van der Waals surface area contributed by atoms with Gasteiger partial charge in [-0.15, -0.1) is 0 Å². The highest BCUT2D eigenvalue weighted by Gasteiger charge is 2.15. The molecule has 0 radical (unpaired) electrons. The first kappa shape index (κ1) is 16.0. The van der Waals surface area contributed by atoms with Crippen LogP contribution in [-0.2, 0) is 0 Å². The van der Waals surface area contributed by atoms with Gasteiger partial charge in [-0.2, -0.15) is 0 Å². The van der Waals surface area contributed by atoms with E-state index in [-0.39, 0.29) is 5.78 Å². The average Bonchev–Trinajstić information content (AvgIpc) is 3.12. The Kier molecular flexibility index (Phi) is 4.15. The number of ether oxygens (including phenoxy) is 2. The molecule has 0 spiro atoms. The van der Waals surface area contributed by atoms with Gasteiger partial charge in [-0.3, -0.25) is 4.79 Å². The lowest BCUT2D eigenvalue weighted by molar-refractivity contribution is 0.101. The second-order valence-electron chi connectivity index (χ2n) is 5.78. The standard InChI is InChI=1S/C22H16O4/c1-24-19-11-12-20-16(13-19)14-21(26-20)22(23)15-7-9-18(10-8-15)25-17-5-3-2-4-6-17/h2-14H,1H3. The number of fused-ring (bicyclic) bond motifs is 1. The molecule has 4 aromatic rings. The summed E-state index contributed by atoms with van der Waals surface area (Å²) in [6, 6.07) is 23.7. The molecule has 4 heteroatoms. The third-order valence-corrected chi connectivity index (χ3v) is 4.04. The molecule has 26 heavy (non-hydrogen) atoms. The monoisotopic (exact) mass is 344 g/mol. The number of ketones is 1. The van der Waals surface area contributed by atoms with E-state index in [9.17, 15) is 4.79 Å². The van der Waals surface area contributed by atoms with Crippen LogP contribution in [0.3, 0.4) is 0 Å². The lowest BCUT2D eigenvalue weighted by Crippen LogP contribution is -1.99. The van der Waals surface area contributed by atoms with Crippen LogP contribution < -0.4 is 9.47 Å². The van der Waals surface area contributed by atoms with E-state index >= 15 is 0 Å². The molecule has 0 aliphatic heterocycles. The summed E-state index contributed by atoms with van der Waals surface area (Å²) in [5.74, 6) is 2.26. The van der Waals surface area contributed by atoms with Gasteiger partial charge in [-0.05, 0) is 60.7 Å². The molecule has 0 N–H and O–H groups in total. The molecule has 0 aliphatic rings. The second kappa shape index (κ2) is 6.76. The summed E-state index contributed by atoms with van der Waals surface area (Å²) in [6.07, 6.45) is 0. The van der Waals surface area contributed by atoms with E-state index in [1.165, 1.54) is 0 Å². The van der Waals surface area contributed by atoms with Crippen molar-refractivity contribution in [2.24, 2.45) is 0 Å². The van der Waals surface area contributed by atoms with Gasteiger partial charge in [-0.25, -0.2) is 0 Å². The third-order valence-electron chi connectivity index (χ3n) is 4.04. The summed E-state index contributed by atoms with van der Waals surface area (Å²) in [5, 5.41) is 0.830. The van der Waals surface area contributed by atoms with Gasteiger partial charge in [0.05, 0.1) is 7.11 Å². The van der Waals surface area contributed by atoms with E-state index in [4.69, 9.17) is 13.9 Å². The van der Waals surface area contributed by atoms with Crippen molar-refractivity contribution in [3.8, 4) is 17.2 Å². The van der Waals surface area contributed by atoms with Crippen molar-refractivity contribution < 1.29 is 18.7 Å². The fraction of sp³-hybridized carbons (Fsp3) is 0.0455. The molecular weight excluding hydrogens is 328 g/mol. The molecule has 4 rings (SSSR count). The molecule has 0 saturated carbocycles. The van der Waals surface area contributed by atoms with Crippen molar-refractivity contribution in [2.45, 2.75) is 0 Å². The van der Waals surface area contributed by atoms with Gasteiger partial charge in [0.25, 0.3) is 0 Å². The van der Waals surface area contributed by atoms with E-state index in [0.29, 0.717) is 22.7 Å². The molecule has 128 valence electrons. The summed E-state index contributed by atoms with van der Waals surface area (Å²) in [5.41, 5.74) is 1.19. The molecule has 0 bridgehead atoms. The number of rotatable bonds is 5. The van der Waals surface area contributed by atoms with Crippen LogP contribution in [-0.4, -0.2) is 12.9 Å². The van der Waals surface area contributed by atoms with Gasteiger partial charge in [0.2, 0.25) is 5.78 Å². The van der Waals surface area contributed by atoms with Crippen molar-refractivity contribution in [1.29, 1.82) is 0 Å². The van der Waals surface area contributed by atoms with E-state index in [0.717, 1.165) is 16.9 Å². The third kappa shape index (κ3) is 3.17. The highest BCUT2D eigenvalue weighted by atomic mass is 16.5. The van der Waals surface area contributed by atoms with Crippen molar-refractivity contribution in [3.05, 3.63) is 90.2 Å². The van der Waals surface area contributed by atoms with Gasteiger partial charge in [0.15, 0.2) is 5.76 Å². The van der Waals surface area contributed by atoms with Crippen LogP contribution in [0.15, 0.2) is 83.3 Å². The smallest absolute Gasteiger partial charge is 0.228 e. The topological polar surface area (TPSA) is 48.7 Å². The summed E-state index contributed by atoms with van der Waals surface area (Å²) in [7, 11) is 1.60. The number of furan rings is 1. The van der Waals surface area contributed by atoms with Gasteiger partial charge in [-0.1, -0.05) is 18.2 Å². The average molecular weight is 344 g/mol. The zero-order valence-electron chi connectivity index (χ0n) is 14.1. The minimum absolute atomic E-state index is 0.175. The van der Waals surface area contributed by atoms with Crippen molar-refractivity contribution in [3.63, 3.8) is 0 Å². The first-order chi connectivity index (χ1) is 12.7. The van der Waals surface area contributed by atoms with Gasteiger partial charge >= 0.3 is 0 Å². The Hall–Kier alpha value is -3.53. The van der Waals surface area contributed by atoms with E-state index in [1.54, 1.807) is 49.6 Å². The van der Waals surface area contributed by atoms with Crippen molar-refractivity contribution in [2.75, 3.05) is 7.11 Å². The minimum atomic E-state index is -0.175. The maximum absolute atomic E-state index is 12.7. The molecule has 0 aliphatic carbocycles. The highest BCUT2D eigenvalue weighted by Crippen LogP contribution is 2.26. The Morgan fingerprint density at radius 2 is 1.50 bits per heavy atom. The first-order valence-electron chi connectivity index (χ1n) is 8.18. The number of benzene rings is 3. The quantitative estimate of drug-likeness (QED) is 0.451. The van der Waals surface area contributed by atoms with Gasteiger partial charge < -0.3 is 13.9 Å². The van der Waals surface area contributed by atoms with Crippen LogP contribution in [0.2, 0.25) is 0 Å². The van der Waals surface area contributed by atoms with Crippen molar-refractivity contribution in [1.82, 2.24) is 0 Å². The largest absolute Gasteiger partial charge is 0.497 e. The zero-order chi connectivity index (χ0) is 17.9. The zero-order valence-corrected chi connectivity index (χ0v) is 14.1. The molecule has 1 heterocycles. The molecule has 0 amide bonds. The highest BCUT2D eigenvalue weighted by molar-refractivity contribution is 6.09. The van der Waals surface area contributed by atoms with Gasteiger partial charge in [0, 0.05) is 10.9 Å². The van der Waals surface area contributed by atoms with Crippen LogP contribution in [0.4, 0.5) is 0 Å². The van der Waals surface area contributed by atoms with Crippen LogP contribution >= 0.6 is 0 Å². The van der Waals surface area contributed by atoms with Gasteiger partial charge in [0.1, 0.15) is 22.8 Å². The summed E-state index contributed by atoms with van der Waals surface area (Å²) in [6.45, 7) is 0. The Morgan fingerprint density at radius 1 is 0.808 bits per heavy atom. The first-order valence-corrected chi connectivity index (χ1v) is 8.18. The second-order valence-corrected chi connectivity index (χ2v) is 5.78. The molecule has 1 aromatic heterocycles. The summed E-state index contributed by atoms with van der Waals surface area (Å²) >= 11 is 0. The lowest BCUT2D eigenvalue weighted by atomic mass is 10.1. The SMILES string of the molecule is COc1ccc2oc(C(=O)c3ccc(Oc4ccccc4)cc3)cc2c1. The lowest BCUT2D eigenvalue weighted by Gasteiger charge is -2.05. The van der Waals surface area contributed by atoms with Crippen LogP contribution in [0.25, 0.3) is 11.0 Å².